The molecule has 0 aromatic carbocycles. The number of carbonyl (C=O) groups is 1. The summed E-state index contributed by atoms with van der Waals surface area (Å²) in [5, 5.41) is 40.9. The molecule has 0 bridgehead atoms. The molecule has 0 rings (SSSR count). The van der Waals surface area contributed by atoms with Gasteiger partial charge in [-0.05, 0) is 6.92 Å². The number of hydrogen-bond donors (Lipinski definition) is 5. The molecule has 0 aromatic heterocycles. The van der Waals surface area contributed by atoms with Crippen LogP contribution in [0.4, 0.5) is 0 Å². The van der Waals surface area contributed by atoms with Gasteiger partial charge >= 0.3 is 5.97 Å². The molecule has 0 aliphatic rings. The van der Waals surface area contributed by atoms with Crippen LogP contribution >= 0.6 is 0 Å². The molecule has 0 radical (unpaired) electrons. The van der Waals surface area contributed by atoms with Crippen LogP contribution in [0.3, 0.4) is 0 Å². The zero-order chi connectivity index (χ0) is 10.3. The van der Waals surface area contributed by atoms with Crippen LogP contribution in [-0.4, -0.2) is 56.9 Å². The van der Waals surface area contributed by atoms with Gasteiger partial charge in [0.15, 0.2) is 6.10 Å². The molecule has 0 saturated carbocycles. The maximum Gasteiger partial charge on any atom is 0.335 e. The van der Waals surface area contributed by atoms with Gasteiger partial charge < -0.3 is 25.5 Å². The van der Waals surface area contributed by atoms with Crippen molar-refractivity contribution in [2.75, 3.05) is 7.11 Å². The lowest BCUT2D eigenvalue weighted by molar-refractivity contribution is -0.157. The molecule has 0 aliphatic heterocycles. The molecule has 0 amide bonds. The smallest absolute Gasteiger partial charge is 0.335 e. The standard InChI is InChI=1S/C5H10O5.CH4O/c1-2(6)3(7)4(8)5(9)10;1-2/h2-4,6-8H,1H3,(H,9,10);2H,1H3/t2-,3+,4-;/m1./s1. The Bertz CT molecular complexity index is 123. The minimum absolute atomic E-state index is 1.00. The van der Waals surface area contributed by atoms with Crippen LogP contribution < -0.4 is 0 Å². The van der Waals surface area contributed by atoms with E-state index in [1.807, 2.05) is 0 Å². The van der Waals surface area contributed by atoms with Gasteiger partial charge in [0, 0.05) is 7.11 Å². The van der Waals surface area contributed by atoms with Crippen molar-refractivity contribution >= 4 is 5.97 Å². The van der Waals surface area contributed by atoms with E-state index in [4.69, 9.17) is 25.5 Å². The number of rotatable bonds is 3. The average molecular weight is 182 g/mol. The molecular weight excluding hydrogens is 168 g/mol. The third-order valence-corrected chi connectivity index (χ3v) is 1.07. The molecule has 0 aromatic rings. The lowest BCUT2D eigenvalue weighted by Crippen LogP contribution is -2.40. The van der Waals surface area contributed by atoms with Gasteiger partial charge in [0.05, 0.1) is 6.10 Å². The summed E-state index contributed by atoms with van der Waals surface area (Å²) in [4.78, 5) is 9.92. The van der Waals surface area contributed by atoms with Crippen LogP contribution in [0.25, 0.3) is 0 Å². The van der Waals surface area contributed by atoms with Gasteiger partial charge in [0.1, 0.15) is 6.10 Å². The van der Waals surface area contributed by atoms with E-state index in [0.29, 0.717) is 0 Å². The van der Waals surface area contributed by atoms with Gasteiger partial charge in [-0.3, -0.25) is 0 Å². The number of aliphatic hydroxyl groups is 4. The predicted octanol–water partition coefficient (Wildman–Crippen LogP) is -2.22. The minimum atomic E-state index is -1.92. The maximum atomic E-state index is 9.92. The number of carboxylic acids is 1. The van der Waals surface area contributed by atoms with E-state index in [2.05, 4.69) is 0 Å². The van der Waals surface area contributed by atoms with Gasteiger partial charge in [-0.15, -0.1) is 0 Å². The van der Waals surface area contributed by atoms with Crippen molar-refractivity contribution in [1.82, 2.24) is 0 Å². The van der Waals surface area contributed by atoms with Crippen LogP contribution in [0.15, 0.2) is 0 Å². The Morgan fingerprint density at radius 2 is 1.50 bits per heavy atom. The van der Waals surface area contributed by atoms with Crippen LogP contribution in [0.1, 0.15) is 6.92 Å². The highest BCUT2D eigenvalue weighted by atomic mass is 16.4. The molecule has 0 heterocycles. The SMILES string of the molecule is CO.C[C@@H](O)[C@H](O)[C@@H](O)C(=O)O. The van der Waals surface area contributed by atoms with Crippen LogP contribution in [0.5, 0.6) is 0 Å². The largest absolute Gasteiger partial charge is 0.479 e. The van der Waals surface area contributed by atoms with Gasteiger partial charge in [-0.2, -0.15) is 0 Å². The van der Waals surface area contributed by atoms with Gasteiger partial charge in [0.2, 0.25) is 0 Å². The monoisotopic (exact) mass is 182 g/mol. The third-order valence-electron chi connectivity index (χ3n) is 1.07. The fraction of sp³-hybridized carbons (Fsp3) is 0.833. The molecule has 3 atom stereocenters. The molecule has 0 fully saturated rings. The molecule has 6 heteroatoms. The zero-order valence-corrected chi connectivity index (χ0v) is 6.88. The summed E-state index contributed by atoms with van der Waals surface area (Å²) in [5.41, 5.74) is 0. The van der Waals surface area contributed by atoms with Crippen LogP contribution in [-0.2, 0) is 4.79 Å². The molecule has 12 heavy (non-hydrogen) atoms. The van der Waals surface area contributed by atoms with Crippen molar-refractivity contribution in [2.24, 2.45) is 0 Å². The zero-order valence-electron chi connectivity index (χ0n) is 6.88. The Morgan fingerprint density at radius 3 is 1.58 bits per heavy atom. The fourth-order valence-corrected chi connectivity index (χ4v) is 0.410. The van der Waals surface area contributed by atoms with E-state index < -0.39 is 24.3 Å². The molecule has 5 N–H and O–H groups in total. The van der Waals surface area contributed by atoms with E-state index in [1.54, 1.807) is 0 Å². The summed E-state index contributed by atoms with van der Waals surface area (Å²) < 4.78 is 0. The quantitative estimate of drug-likeness (QED) is 0.337. The second kappa shape index (κ2) is 6.99. The number of aliphatic carboxylic acids is 1. The molecule has 0 saturated heterocycles. The van der Waals surface area contributed by atoms with E-state index in [1.165, 1.54) is 6.92 Å². The Hall–Kier alpha value is -0.690. The first-order valence-electron chi connectivity index (χ1n) is 3.18. The number of aliphatic hydroxyl groups excluding tert-OH is 4. The molecule has 0 unspecified atom stereocenters. The van der Waals surface area contributed by atoms with E-state index in [0.717, 1.165) is 7.11 Å². The maximum absolute atomic E-state index is 9.92. The predicted molar refractivity (Wildman–Crippen MR) is 39.5 cm³/mol. The number of hydrogen-bond acceptors (Lipinski definition) is 5. The van der Waals surface area contributed by atoms with Gasteiger partial charge in [0.25, 0.3) is 0 Å². The summed E-state index contributed by atoms with van der Waals surface area (Å²) in [6, 6.07) is 0. The fourth-order valence-electron chi connectivity index (χ4n) is 0.410. The van der Waals surface area contributed by atoms with Crippen molar-refractivity contribution in [3.63, 3.8) is 0 Å². The first kappa shape index (κ1) is 13.9. The second-order valence-corrected chi connectivity index (χ2v) is 2.01. The summed E-state index contributed by atoms with van der Waals surface area (Å²) in [5.74, 6) is -1.55. The van der Waals surface area contributed by atoms with Crippen molar-refractivity contribution in [3.8, 4) is 0 Å². The highest BCUT2D eigenvalue weighted by molar-refractivity contribution is 5.72. The first-order valence-corrected chi connectivity index (χ1v) is 3.18. The summed E-state index contributed by atoms with van der Waals surface area (Å²) >= 11 is 0. The van der Waals surface area contributed by atoms with Crippen molar-refractivity contribution in [2.45, 2.75) is 25.2 Å². The van der Waals surface area contributed by atoms with Crippen molar-refractivity contribution < 1.29 is 30.3 Å². The Balaban J connectivity index is 0. The summed E-state index contributed by atoms with van der Waals surface area (Å²) in [6.07, 6.45) is -4.79. The lowest BCUT2D eigenvalue weighted by Gasteiger charge is -2.15. The van der Waals surface area contributed by atoms with E-state index in [-0.39, 0.29) is 0 Å². The molecule has 0 spiro atoms. The normalized spacial score (nSPS) is 16.8. The van der Waals surface area contributed by atoms with Gasteiger partial charge in [-0.1, -0.05) is 0 Å². The Labute approximate surface area is 69.7 Å². The van der Waals surface area contributed by atoms with Gasteiger partial charge in [-0.25, -0.2) is 4.79 Å². The topological polar surface area (TPSA) is 118 Å². The average Bonchev–Trinajstić information content (AvgIpc) is 2.05. The Morgan fingerprint density at radius 1 is 1.17 bits per heavy atom. The highest BCUT2D eigenvalue weighted by Gasteiger charge is 2.26. The Kier molecular flexibility index (Phi) is 8.07. The van der Waals surface area contributed by atoms with Crippen LogP contribution in [0, 0.1) is 0 Å². The van der Waals surface area contributed by atoms with Crippen LogP contribution in [0.2, 0.25) is 0 Å². The lowest BCUT2D eigenvalue weighted by atomic mass is 10.1. The summed E-state index contributed by atoms with van der Waals surface area (Å²) in [7, 11) is 1.00. The van der Waals surface area contributed by atoms with Crippen molar-refractivity contribution in [1.29, 1.82) is 0 Å². The minimum Gasteiger partial charge on any atom is -0.479 e. The first-order chi connectivity index (χ1) is 5.46. The molecule has 0 aliphatic carbocycles. The second-order valence-electron chi connectivity index (χ2n) is 2.01. The molecule has 74 valence electrons. The number of carboxylic acid groups (broad SMARTS) is 1. The third kappa shape index (κ3) is 5.03. The van der Waals surface area contributed by atoms with E-state index >= 15 is 0 Å². The van der Waals surface area contributed by atoms with Crippen molar-refractivity contribution in [3.05, 3.63) is 0 Å². The molecule has 6 nitrogen and oxygen atoms in total. The molecular formula is C6H14O6. The van der Waals surface area contributed by atoms with E-state index in [9.17, 15) is 4.79 Å². The summed E-state index contributed by atoms with van der Waals surface area (Å²) in [6.45, 7) is 1.19. The highest BCUT2D eigenvalue weighted by Crippen LogP contribution is 1.98.